The van der Waals surface area contributed by atoms with Gasteiger partial charge < -0.3 is 10.4 Å². The highest BCUT2D eigenvalue weighted by Crippen LogP contribution is 2.20. The highest BCUT2D eigenvalue weighted by Gasteiger charge is 2.20. The third kappa shape index (κ3) is 3.05. The summed E-state index contributed by atoms with van der Waals surface area (Å²) in [5, 5.41) is 22.5. The molecule has 8 nitrogen and oxygen atoms in total. The monoisotopic (exact) mass is 274 g/mol. The maximum Gasteiger partial charge on any atom is 0.342 e. The third-order valence-corrected chi connectivity index (χ3v) is 2.53. The molecule has 0 fully saturated rings. The zero-order valence-corrected chi connectivity index (χ0v) is 10.2. The normalized spacial score (nSPS) is 10.0. The van der Waals surface area contributed by atoms with Gasteiger partial charge in [0.25, 0.3) is 0 Å². The van der Waals surface area contributed by atoms with Crippen molar-refractivity contribution in [3.05, 3.63) is 58.0 Å². The Labute approximate surface area is 113 Å². The molecule has 2 N–H and O–H groups in total. The molecule has 0 unspecified atom stereocenters. The summed E-state index contributed by atoms with van der Waals surface area (Å²) >= 11 is 0. The van der Waals surface area contributed by atoms with Crippen LogP contribution >= 0.6 is 0 Å². The number of rotatable bonds is 5. The summed E-state index contributed by atoms with van der Waals surface area (Å²) in [5.41, 5.74) is -0.00813. The van der Waals surface area contributed by atoms with E-state index < -0.39 is 22.1 Å². The molecule has 2 heterocycles. The van der Waals surface area contributed by atoms with Gasteiger partial charge in [0.15, 0.2) is 0 Å². The van der Waals surface area contributed by atoms with E-state index in [9.17, 15) is 14.9 Å². The number of pyridine rings is 2. The fourth-order valence-corrected chi connectivity index (χ4v) is 1.55. The maximum atomic E-state index is 11.0. The first-order valence-electron chi connectivity index (χ1n) is 5.58. The molecule has 0 aromatic carbocycles. The van der Waals surface area contributed by atoms with E-state index in [0.717, 1.165) is 17.8 Å². The SMILES string of the molecule is O=C(O)c1cc(NCc2ccncc2)ncc1[N+](=O)[O-]. The van der Waals surface area contributed by atoms with E-state index in [4.69, 9.17) is 5.11 Å². The summed E-state index contributed by atoms with van der Waals surface area (Å²) in [6.07, 6.45) is 4.18. The van der Waals surface area contributed by atoms with Gasteiger partial charge in [-0.05, 0) is 17.7 Å². The summed E-state index contributed by atoms with van der Waals surface area (Å²) in [6, 6.07) is 4.72. The average molecular weight is 274 g/mol. The van der Waals surface area contributed by atoms with E-state index in [-0.39, 0.29) is 5.82 Å². The predicted octanol–water partition coefficient (Wildman–Crippen LogP) is 1.70. The van der Waals surface area contributed by atoms with E-state index >= 15 is 0 Å². The lowest BCUT2D eigenvalue weighted by atomic mass is 10.2. The number of aromatic carboxylic acids is 1. The van der Waals surface area contributed by atoms with Gasteiger partial charge in [-0.15, -0.1) is 0 Å². The number of carboxylic acids is 1. The van der Waals surface area contributed by atoms with Crippen molar-refractivity contribution in [1.29, 1.82) is 0 Å². The van der Waals surface area contributed by atoms with Crippen LogP contribution in [0, 0.1) is 10.1 Å². The summed E-state index contributed by atoms with van der Waals surface area (Å²) in [5.74, 6) is -1.11. The third-order valence-electron chi connectivity index (χ3n) is 2.53. The maximum absolute atomic E-state index is 11.0. The Morgan fingerprint density at radius 2 is 2.10 bits per heavy atom. The van der Waals surface area contributed by atoms with Gasteiger partial charge in [-0.1, -0.05) is 0 Å². The number of carbonyl (C=O) groups is 1. The molecular formula is C12H10N4O4. The zero-order chi connectivity index (χ0) is 14.5. The number of nitrogens with zero attached hydrogens (tertiary/aromatic N) is 3. The molecule has 2 rings (SSSR count). The topological polar surface area (TPSA) is 118 Å². The van der Waals surface area contributed by atoms with Crippen LogP contribution in [0.4, 0.5) is 11.5 Å². The first-order valence-corrected chi connectivity index (χ1v) is 5.58. The van der Waals surface area contributed by atoms with Crippen molar-refractivity contribution < 1.29 is 14.8 Å². The van der Waals surface area contributed by atoms with Crippen LogP contribution in [0.25, 0.3) is 0 Å². The molecule has 2 aromatic rings. The molecule has 0 aliphatic heterocycles. The molecule has 0 bridgehead atoms. The van der Waals surface area contributed by atoms with Gasteiger partial charge in [-0.2, -0.15) is 0 Å². The van der Waals surface area contributed by atoms with E-state index in [1.54, 1.807) is 24.5 Å². The minimum atomic E-state index is -1.37. The van der Waals surface area contributed by atoms with E-state index in [1.165, 1.54) is 0 Å². The van der Waals surface area contributed by atoms with Crippen LogP contribution in [-0.4, -0.2) is 26.0 Å². The Balaban J connectivity index is 2.19. The smallest absolute Gasteiger partial charge is 0.342 e. The average Bonchev–Trinajstić information content (AvgIpc) is 2.45. The van der Waals surface area contributed by atoms with Crippen molar-refractivity contribution in [2.45, 2.75) is 6.54 Å². The number of hydrogen-bond donors (Lipinski definition) is 2. The molecule has 0 radical (unpaired) electrons. The highest BCUT2D eigenvalue weighted by atomic mass is 16.6. The minimum absolute atomic E-state index is 0.254. The fraction of sp³-hybridized carbons (Fsp3) is 0.0833. The molecule has 0 atom stereocenters. The van der Waals surface area contributed by atoms with E-state index in [2.05, 4.69) is 15.3 Å². The standard InChI is InChI=1S/C12H10N4O4/c17-12(18)9-5-11(15-7-10(9)16(19)20)14-6-8-1-3-13-4-2-8/h1-5,7H,6H2,(H,14,15)(H,17,18). The summed E-state index contributed by atoms with van der Waals surface area (Å²) in [4.78, 5) is 28.6. The quantitative estimate of drug-likeness (QED) is 0.629. The van der Waals surface area contributed by atoms with Crippen molar-refractivity contribution in [2.24, 2.45) is 0 Å². The van der Waals surface area contributed by atoms with Crippen LogP contribution < -0.4 is 5.32 Å². The van der Waals surface area contributed by atoms with Crippen molar-refractivity contribution in [3.63, 3.8) is 0 Å². The van der Waals surface area contributed by atoms with Crippen LogP contribution in [0.15, 0.2) is 36.8 Å². The van der Waals surface area contributed by atoms with Crippen LogP contribution in [0.5, 0.6) is 0 Å². The fourth-order valence-electron chi connectivity index (χ4n) is 1.55. The minimum Gasteiger partial charge on any atom is -0.477 e. The number of carboxylic acid groups (broad SMARTS) is 1. The van der Waals surface area contributed by atoms with Crippen molar-refractivity contribution in [2.75, 3.05) is 5.32 Å². The number of aromatic nitrogens is 2. The summed E-state index contributed by atoms with van der Waals surface area (Å²) in [7, 11) is 0. The molecular weight excluding hydrogens is 264 g/mol. The number of anilines is 1. The molecule has 2 aromatic heterocycles. The molecule has 8 heteroatoms. The van der Waals surface area contributed by atoms with Gasteiger partial charge in [0.2, 0.25) is 0 Å². The number of nitrogens with one attached hydrogen (secondary N) is 1. The van der Waals surface area contributed by atoms with Crippen LogP contribution in [0.3, 0.4) is 0 Å². The molecule has 0 amide bonds. The Morgan fingerprint density at radius 3 is 2.70 bits per heavy atom. The van der Waals surface area contributed by atoms with Gasteiger partial charge in [0.1, 0.15) is 17.6 Å². The molecule has 0 saturated carbocycles. The highest BCUT2D eigenvalue weighted by molar-refractivity contribution is 5.93. The Kier molecular flexibility index (Phi) is 3.85. The lowest BCUT2D eigenvalue weighted by molar-refractivity contribution is -0.385. The van der Waals surface area contributed by atoms with Gasteiger partial charge in [0, 0.05) is 25.0 Å². The van der Waals surface area contributed by atoms with Crippen molar-refractivity contribution >= 4 is 17.5 Å². The largest absolute Gasteiger partial charge is 0.477 e. The second kappa shape index (κ2) is 5.74. The molecule has 0 aliphatic carbocycles. The molecule has 102 valence electrons. The number of hydrogen-bond acceptors (Lipinski definition) is 6. The first kappa shape index (κ1) is 13.4. The Hall–Kier alpha value is -3.03. The van der Waals surface area contributed by atoms with Crippen molar-refractivity contribution in [3.8, 4) is 0 Å². The molecule has 0 aliphatic rings. The van der Waals surface area contributed by atoms with Gasteiger partial charge in [-0.25, -0.2) is 9.78 Å². The lowest BCUT2D eigenvalue weighted by Gasteiger charge is -2.06. The molecule has 20 heavy (non-hydrogen) atoms. The number of nitro groups is 1. The van der Waals surface area contributed by atoms with E-state index in [0.29, 0.717) is 6.54 Å². The summed E-state index contributed by atoms with van der Waals surface area (Å²) < 4.78 is 0. The van der Waals surface area contributed by atoms with Crippen LogP contribution in [0.1, 0.15) is 15.9 Å². The molecule has 0 spiro atoms. The second-order valence-corrected chi connectivity index (χ2v) is 3.86. The van der Waals surface area contributed by atoms with Gasteiger partial charge in [0.05, 0.1) is 4.92 Å². The van der Waals surface area contributed by atoms with Gasteiger partial charge in [-0.3, -0.25) is 15.1 Å². The van der Waals surface area contributed by atoms with Crippen molar-refractivity contribution in [1.82, 2.24) is 9.97 Å². The van der Waals surface area contributed by atoms with Crippen LogP contribution in [-0.2, 0) is 6.54 Å². The Bertz CT molecular complexity index is 645. The van der Waals surface area contributed by atoms with Gasteiger partial charge >= 0.3 is 11.7 Å². The first-order chi connectivity index (χ1) is 9.58. The second-order valence-electron chi connectivity index (χ2n) is 3.86. The zero-order valence-electron chi connectivity index (χ0n) is 10.2. The lowest BCUT2D eigenvalue weighted by Crippen LogP contribution is -2.07. The Morgan fingerprint density at radius 1 is 1.40 bits per heavy atom. The predicted molar refractivity (Wildman–Crippen MR) is 69.4 cm³/mol. The van der Waals surface area contributed by atoms with E-state index in [1.807, 2.05) is 0 Å². The summed E-state index contributed by atoms with van der Waals surface area (Å²) in [6.45, 7) is 0.409. The molecule has 0 saturated heterocycles. The van der Waals surface area contributed by atoms with Crippen LogP contribution in [0.2, 0.25) is 0 Å².